The third-order valence-electron chi connectivity index (χ3n) is 0.722. The predicted octanol–water partition coefficient (Wildman–Crippen LogP) is 1.64. The van der Waals surface area contributed by atoms with Crippen LogP contribution in [0.5, 0.6) is 0 Å². The van der Waals surface area contributed by atoms with E-state index in [1.807, 2.05) is 0 Å². The third-order valence-corrected chi connectivity index (χ3v) is 0.722. The van der Waals surface area contributed by atoms with Crippen molar-refractivity contribution in [2.45, 2.75) is 19.0 Å². The van der Waals surface area contributed by atoms with Crippen LogP contribution in [0.4, 0.5) is 13.2 Å². The van der Waals surface area contributed by atoms with Gasteiger partial charge >= 0.3 is 6.18 Å². The van der Waals surface area contributed by atoms with E-state index in [1.54, 1.807) is 0 Å². The van der Waals surface area contributed by atoms with E-state index in [0.717, 1.165) is 0 Å². The number of hydrogen-bond acceptors (Lipinski definition) is 2. The molecule has 2 nitrogen and oxygen atoms in total. The Morgan fingerprint density at radius 1 is 1.30 bits per heavy atom. The van der Waals surface area contributed by atoms with Crippen LogP contribution >= 0.6 is 12.4 Å². The Morgan fingerprint density at radius 2 is 1.80 bits per heavy atom. The number of nitrogens with two attached hydrogens (primary N) is 1. The van der Waals surface area contributed by atoms with Gasteiger partial charge in [0.05, 0.1) is 6.61 Å². The van der Waals surface area contributed by atoms with Gasteiger partial charge in [-0.15, -0.1) is 12.4 Å². The van der Waals surface area contributed by atoms with Crippen molar-refractivity contribution in [1.82, 2.24) is 0 Å². The Morgan fingerprint density at radius 3 is 2.10 bits per heavy atom. The summed E-state index contributed by atoms with van der Waals surface area (Å²) >= 11 is 0. The lowest BCUT2D eigenvalue weighted by Gasteiger charge is -2.03. The second-order valence-electron chi connectivity index (χ2n) is 1.59. The normalized spacial score (nSPS) is 10.8. The summed E-state index contributed by atoms with van der Waals surface area (Å²) < 4.78 is 33.8. The Labute approximate surface area is 62.9 Å². The molecular formula is C4H9ClF3NO. The first kappa shape index (κ1) is 12.7. The first-order chi connectivity index (χ1) is 4.06. The van der Waals surface area contributed by atoms with Crippen molar-refractivity contribution < 1.29 is 18.0 Å². The van der Waals surface area contributed by atoms with E-state index < -0.39 is 12.6 Å². The van der Waals surface area contributed by atoms with Gasteiger partial charge in [0.2, 0.25) is 0 Å². The summed E-state index contributed by atoms with van der Waals surface area (Å²) in [6.07, 6.45) is -4.98. The molecule has 0 aliphatic carbocycles. The van der Waals surface area contributed by atoms with Gasteiger partial charge in [-0.1, -0.05) is 0 Å². The van der Waals surface area contributed by atoms with Gasteiger partial charge in [-0.3, -0.25) is 0 Å². The minimum absolute atomic E-state index is 0. The molecule has 0 spiro atoms. The average molecular weight is 180 g/mol. The van der Waals surface area contributed by atoms with Crippen LogP contribution in [-0.4, -0.2) is 12.8 Å². The lowest BCUT2D eigenvalue weighted by Crippen LogP contribution is -2.10. The SMILES string of the molecule is Cl.NOCCCC(F)(F)F. The highest BCUT2D eigenvalue weighted by Gasteiger charge is 2.25. The molecule has 0 heterocycles. The van der Waals surface area contributed by atoms with Crippen LogP contribution in [0.1, 0.15) is 12.8 Å². The fourth-order valence-electron chi connectivity index (χ4n) is 0.356. The van der Waals surface area contributed by atoms with Crippen molar-refractivity contribution in [2.24, 2.45) is 5.90 Å². The molecule has 0 atom stereocenters. The number of alkyl halides is 3. The van der Waals surface area contributed by atoms with E-state index in [9.17, 15) is 13.2 Å². The molecule has 0 unspecified atom stereocenters. The summed E-state index contributed by atoms with van der Waals surface area (Å²) in [7, 11) is 0. The summed E-state index contributed by atoms with van der Waals surface area (Å²) in [6, 6.07) is 0. The van der Waals surface area contributed by atoms with Gasteiger partial charge < -0.3 is 4.84 Å². The molecule has 0 saturated carbocycles. The standard InChI is InChI=1S/C4H8F3NO.ClH/c5-4(6,7)2-1-3-9-8;/h1-3,8H2;1H. The lowest BCUT2D eigenvalue weighted by atomic mass is 10.3. The van der Waals surface area contributed by atoms with Gasteiger partial charge in [0.1, 0.15) is 0 Å². The van der Waals surface area contributed by atoms with E-state index >= 15 is 0 Å². The van der Waals surface area contributed by atoms with E-state index in [-0.39, 0.29) is 25.4 Å². The molecule has 0 rings (SSSR count). The van der Waals surface area contributed by atoms with Crippen molar-refractivity contribution >= 4 is 12.4 Å². The molecule has 0 radical (unpaired) electrons. The Balaban J connectivity index is 0. The molecule has 0 aromatic carbocycles. The highest BCUT2D eigenvalue weighted by Crippen LogP contribution is 2.20. The van der Waals surface area contributed by atoms with Crippen molar-refractivity contribution in [2.75, 3.05) is 6.61 Å². The first-order valence-electron chi connectivity index (χ1n) is 2.44. The summed E-state index contributed by atoms with van der Waals surface area (Å²) in [6.45, 7) is -0.0422. The maximum Gasteiger partial charge on any atom is 0.389 e. The van der Waals surface area contributed by atoms with Crippen LogP contribution in [0, 0.1) is 0 Å². The van der Waals surface area contributed by atoms with Crippen LogP contribution in [0.15, 0.2) is 0 Å². The molecule has 2 N–H and O–H groups in total. The summed E-state index contributed by atoms with van der Waals surface area (Å²) in [5.41, 5.74) is 0. The third kappa shape index (κ3) is 10.9. The summed E-state index contributed by atoms with van der Waals surface area (Å²) in [5.74, 6) is 4.49. The molecule has 0 aliphatic heterocycles. The predicted molar refractivity (Wildman–Crippen MR) is 32.7 cm³/mol. The van der Waals surface area contributed by atoms with Crippen LogP contribution in [0.25, 0.3) is 0 Å². The van der Waals surface area contributed by atoms with Crippen molar-refractivity contribution in [3.8, 4) is 0 Å². The maximum atomic E-state index is 11.3. The largest absolute Gasteiger partial charge is 0.389 e. The minimum atomic E-state index is -4.08. The Kier molecular flexibility index (Phi) is 7.29. The zero-order valence-electron chi connectivity index (χ0n) is 5.15. The van der Waals surface area contributed by atoms with Crippen LogP contribution in [-0.2, 0) is 4.84 Å². The van der Waals surface area contributed by atoms with Gasteiger partial charge in [0.15, 0.2) is 0 Å². The zero-order chi connectivity index (χ0) is 7.33. The lowest BCUT2D eigenvalue weighted by molar-refractivity contribution is -0.137. The fraction of sp³-hybridized carbons (Fsp3) is 1.00. The topological polar surface area (TPSA) is 35.2 Å². The van der Waals surface area contributed by atoms with E-state index in [2.05, 4.69) is 10.7 Å². The van der Waals surface area contributed by atoms with Crippen LogP contribution in [0.2, 0.25) is 0 Å². The number of hydrogen-bond donors (Lipinski definition) is 1. The molecule has 0 saturated heterocycles. The molecule has 0 bridgehead atoms. The average Bonchev–Trinajstić information content (AvgIpc) is 1.63. The van der Waals surface area contributed by atoms with Crippen molar-refractivity contribution in [3.63, 3.8) is 0 Å². The quantitative estimate of drug-likeness (QED) is 0.528. The molecule has 6 heteroatoms. The highest BCUT2D eigenvalue weighted by molar-refractivity contribution is 5.85. The fourth-order valence-corrected chi connectivity index (χ4v) is 0.356. The van der Waals surface area contributed by atoms with Crippen molar-refractivity contribution in [3.05, 3.63) is 0 Å². The number of rotatable bonds is 3. The number of halogens is 4. The minimum Gasteiger partial charge on any atom is -0.305 e. The van der Waals surface area contributed by atoms with Gasteiger partial charge in [-0.25, -0.2) is 5.90 Å². The molecule has 0 aliphatic rings. The first-order valence-corrected chi connectivity index (χ1v) is 2.44. The zero-order valence-corrected chi connectivity index (χ0v) is 5.97. The maximum absolute atomic E-state index is 11.3. The van der Waals surface area contributed by atoms with E-state index in [4.69, 9.17) is 0 Å². The Bertz CT molecular complexity index is 77.4. The smallest absolute Gasteiger partial charge is 0.305 e. The van der Waals surface area contributed by atoms with Crippen molar-refractivity contribution in [1.29, 1.82) is 0 Å². The van der Waals surface area contributed by atoms with E-state index in [1.165, 1.54) is 0 Å². The molecule has 0 aromatic heterocycles. The van der Waals surface area contributed by atoms with Gasteiger partial charge in [0.25, 0.3) is 0 Å². The van der Waals surface area contributed by atoms with Gasteiger partial charge in [0, 0.05) is 6.42 Å². The second kappa shape index (κ2) is 5.76. The monoisotopic (exact) mass is 179 g/mol. The van der Waals surface area contributed by atoms with Gasteiger partial charge in [-0.05, 0) is 6.42 Å². The molecule has 0 aromatic rings. The summed E-state index contributed by atoms with van der Waals surface area (Å²) in [5, 5.41) is 0. The van der Waals surface area contributed by atoms with Crippen LogP contribution < -0.4 is 5.90 Å². The van der Waals surface area contributed by atoms with E-state index in [0.29, 0.717) is 0 Å². The summed E-state index contributed by atoms with van der Waals surface area (Å²) in [4.78, 5) is 3.94. The molecule has 64 valence electrons. The molecule has 10 heavy (non-hydrogen) atoms. The molecule has 0 fully saturated rings. The highest BCUT2D eigenvalue weighted by atomic mass is 35.5. The molecule has 0 amide bonds. The van der Waals surface area contributed by atoms with Crippen LogP contribution in [0.3, 0.4) is 0 Å². The second-order valence-corrected chi connectivity index (χ2v) is 1.59. The van der Waals surface area contributed by atoms with Gasteiger partial charge in [-0.2, -0.15) is 13.2 Å². The molecular weight excluding hydrogens is 170 g/mol. The Hall–Kier alpha value is -0.0000000000000000555.